The van der Waals surface area contributed by atoms with Gasteiger partial charge in [0.25, 0.3) is 0 Å². The Labute approximate surface area is 191 Å². The van der Waals surface area contributed by atoms with Crippen LogP contribution in [0.15, 0.2) is 23.2 Å². The molecule has 4 aromatic rings. The lowest BCUT2D eigenvalue weighted by molar-refractivity contribution is 0.885. The zero-order valence-corrected chi connectivity index (χ0v) is 20.6. The Hall–Kier alpha value is -2.08. The van der Waals surface area contributed by atoms with Crippen molar-refractivity contribution in [3.8, 4) is 0 Å². The van der Waals surface area contributed by atoms with Crippen molar-refractivity contribution in [3.05, 3.63) is 32.9 Å². The van der Waals surface area contributed by atoms with Crippen molar-refractivity contribution in [1.29, 1.82) is 0 Å². The Morgan fingerprint density at radius 2 is 1.17 bits per heavy atom. The zero-order chi connectivity index (χ0) is 21.3. The van der Waals surface area contributed by atoms with E-state index in [0.29, 0.717) is 11.8 Å². The lowest BCUT2D eigenvalue weighted by atomic mass is 10.2. The molecule has 2 N–H and O–H groups in total. The van der Waals surface area contributed by atoms with Gasteiger partial charge in [0.2, 0.25) is 0 Å². The fourth-order valence-electron chi connectivity index (χ4n) is 2.48. The average Bonchev–Trinajstić information content (AvgIpc) is 3.49. The average molecular weight is 478 g/mol. The molecule has 7 nitrogen and oxygen atoms in total. The molecule has 0 atom stereocenters. The Kier molecular flexibility index (Phi) is 6.32. The molecule has 0 bridgehead atoms. The largest absolute Gasteiger partial charge is 0.313 e. The summed E-state index contributed by atoms with van der Waals surface area (Å²) in [4.78, 5) is 22.7. The maximum Gasteiger partial charge on any atom is 0.190 e. The molecule has 0 amide bonds. The third-order valence-electron chi connectivity index (χ3n) is 4.28. The topological polar surface area (TPSA) is 78.9 Å². The molecule has 0 saturated carbocycles. The molecular weight excluding hydrogens is 455 g/mol. The lowest BCUT2D eigenvalue weighted by Gasteiger charge is -2.12. The van der Waals surface area contributed by atoms with Crippen molar-refractivity contribution < 1.29 is 0 Å². The lowest BCUT2D eigenvalue weighted by Crippen LogP contribution is -2.10. The van der Waals surface area contributed by atoms with Gasteiger partial charge in [-0.05, 0) is 11.8 Å². The molecule has 0 aliphatic rings. The number of nitrogens with zero attached hydrogens (tertiary/aromatic N) is 5. The summed E-state index contributed by atoms with van der Waals surface area (Å²) in [5, 5.41) is 14.0. The molecule has 158 valence electrons. The van der Waals surface area contributed by atoms with Crippen LogP contribution in [0.2, 0.25) is 0 Å². The predicted molar refractivity (Wildman–Crippen MR) is 131 cm³/mol. The van der Waals surface area contributed by atoms with Crippen LogP contribution in [0.4, 0.5) is 32.2 Å². The molecular formula is C19H23N7S4. The highest BCUT2D eigenvalue weighted by Crippen LogP contribution is 2.34. The Bertz CT molecular complexity index is 1020. The number of hydrogen-bond donors (Lipinski definition) is 2. The molecule has 0 saturated heterocycles. The molecule has 0 unspecified atom stereocenters. The van der Waals surface area contributed by atoms with E-state index in [0.717, 1.165) is 32.2 Å². The van der Waals surface area contributed by atoms with Crippen LogP contribution in [0.25, 0.3) is 0 Å². The van der Waals surface area contributed by atoms with Gasteiger partial charge in [-0.1, -0.05) is 27.7 Å². The number of hydrogen-bond acceptors (Lipinski definition) is 11. The number of thiazole rings is 4. The minimum absolute atomic E-state index is 0.477. The smallest absolute Gasteiger partial charge is 0.190 e. The van der Waals surface area contributed by atoms with E-state index in [9.17, 15) is 0 Å². The quantitative estimate of drug-likeness (QED) is 0.282. The minimum atomic E-state index is 0.477. The fraction of sp³-hybridized carbons (Fsp3) is 0.368. The first-order valence-electron chi connectivity index (χ1n) is 9.49. The first-order valence-corrected chi connectivity index (χ1v) is 12.9. The van der Waals surface area contributed by atoms with Crippen molar-refractivity contribution in [2.24, 2.45) is 0 Å². The van der Waals surface area contributed by atoms with Crippen molar-refractivity contribution in [2.75, 3.05) is 22.6 Å². The second-order valence-electron chi connectivity index (χ2n) is 7.28. The Balaban J connectivity index is 1.41. The molecule has 0 aliphatic carbocycles. The first kappa shape index (κ1) is 21.2. The van der Waals surface area contributed by atoms with Gasteiger partial charge in [-0.3, -0.25) is 0 Å². The fourth-order valence-corrected chi connectivity index (χ4v) is 5.70. The van der Waals surface area contributed by atoms with Crippen LogP contribution < -0.4 is 15.5 Å². The monoisotopic (exact) mass is 477 g/mol. The molecule has 0 fully saturated rings. The Morgan fingerprint density at radius 3 is 1.53 bits per heavy atom. The predicted octanol–water partition coefficient (Wildman–Crippen LogP) is 7.01. The Morgan fingerprint density at radius 1 is 0.733 bits per heavy atom. The maximum atomic E-state index is 4.69. The van der Waals surface area contributed by atoms with Gasteiger partial charge in [-0.2, -0.15) is 0 Å². The van der Waals surface area contributed by atoms with Gasteiger partial charge in [0.05, 0.1) is 0 Å². The van der Waals surface area contributed by atoms with Crippen molar-refractivity contribution in [1.82, 2.24) is 19.9 Å². The number of nitrogens with one attached hydrogen (secondary N) is 2. The first-order chi connectivity index (χ1) is 14.4. The molecule has 0 radical (unpaired) electrons. The van der Waals surface area contributed by atoms with Crippen LogP contribution >= 0.6 is 45.3 Å². The summed E-state index contributed by atoms with van der Waals surface area (Å²) in [6.07, 6.45) is 3.85. The highest BCUT2D eigenvalue weighted by Gasteiger charge is 2.14. The molecule has 0 aliphatic heterocycles. The normalized spacial score (nSPS) is 11.4. The summed E-state index contributed by atoms with van der Waals surface area (Å²) < 4.78 is 0. The summed E-state index contributed by atoms with van der Waals surface area (Å²) >= 11 is 6.44. The van der Waals surface area contributed by atoms with E-state index in [-0.39, 0.29) is 0 Å². The molecule has 11 heteroatoms. The van der Waals surface area contributed by atoms with Gasteiger partial charge in [-0.15, -0.1) is 45.3 Å². The van der Waals surface area contributed by atoms with Gasteiger partial charge in [0.1, 0.15) is 11.6 Å². The summed E-state index contributed by atoms with van der Waals surface area (Å²) in [5.41, 5.74) is 0. The number of rotatable bonds is 8. The SMILES string of the molecule is CC(C)c1cnc(Nc2nc(N(C)c3csc(Nc4ncc(C(C)C)s4)n3)cs2)s1. The molecule has 4 aromatic heterocycles. The molecule has 30 heavy (non-hydrogen) atoms. The van der Waals surface area contributed by atoms with E-state index in [2.05, 4.69) is 58.3 Å². The summed E-state index contributed by atoms with van der Waals surface area (Å²) in [7, 11) is 1.97. The van der Waals surface area contributed by atoms with Crippen LogP contribution in [0, 0.1) is 0 Å². The standard InChI is InChI=1S/C19H23N7S4/c1-10(2)12-6-20-16(29-12)24-18-22-14(8-27-18)26(5)15-9-28-19(23-15)25-17-21-7-13(30-17)11(3)4/h6-11H,1-5H3,(H,20,22,24)(H,21,23,25). The molecule has 4 heterocycles. The van der Waals surface area contributed by atoms with Crippen LogP contribution in [-0.4, -0.2) is 27.0 Å². The van der Waals surface area contributed by atoms with Gasteiger partial charge in [-0.25, -0.2) is 19.9 Å². The van der Waals surface area contributed by atoms with E-state index < -0.39 is 0 Å². The van der Waals surface area contributed by atoms with E-state index in [1.165, 1.54) is 9.75 Å². The van der Waals surface area contributed by atoms with Crippen molar-refractivity contribution >= 4 is 77.5 Å². The van der Waals surface area contributed by atoms with Crippen molar-refractivity contribution in [3.63, 3.8) is 0 Å². The maximum absolute atomic E-state index is 4.69. The minimum Gasteiger partial charge on any atom is -0.313 e. The van der Waals surface area contributed by atoms with Crippen LogP contribution in [-0.2, 0) is 0 Å². The molecule has 0 spiro atoms. The van der Waals surface area contributed by atoms with E-state index >= 15 is 0 Å². The number of aromatic nitrogens is 4. The second-order valence-corrected chi connectivity index (χ2v) is 11.1. The number of anilines is 6. The summed E-state index contributed by atoms with van der Waals surface area (Å²) in [6.45, 7) is 8.68. The van der Waals surface area contributed by atoms with E-state index in [4.69, 9.17) is 0 Å². The highest BCUT2D eigenvalue weighted by atomic mass is 32.1. The van der Waals surface area contributed by atoms with Crippen LogP contribution in [0.3, 0.4) is 0 Å². The van der Waals surface area contributed by atoms with Crippen molar-refractivity contribution in [2.45, 2.75) is 39.5 Å². The third-order valence-corrected chi connectivity index (χ3v) is 8.20. The molecule has 4 rings (SSSR count). The highest BCUT2D eigenvalue weighted by molar-refractivity contribution is 7.17. The van der Waals surface area contributed by atoms with Gasteiger partial charge in [0.15, 0.2) is 20.5 Å². The molecule has 0 aromatic carbocycles. The van der Waals surface area contributed by atoms with Crippen LogP contribution in [0.1, 0.15) is 49.3 Å². The zero-order valence-electron chi connectivity index (χ0n) is 17.3. The van der Waals surface area contributed by atoms with Gasteiger partial charge >= 0.3 is 0 Å². The second kappa shape index (κ2) is 8.96. The van der Waals surface area contributed by atoms with E-state index in [1.54, 1.807) is 45.3 Å². The summed E-state index contributed by atoms with van der Waals surface area (Å²) in [6, 6.07) is 0. The van der Waals surface area contributed by atoms with Gasteiger partial charge in [0, 0.05) is 40.0 Å². The van der Waals surface area contributed by atoms with Gasteiger partial charge < -0.3 is 15.5 Å². The van der Waals surface area contributed by atoms with E-state index in [1.807, 2.05) is 35.1 Å². The summed E-state index contributed by atoms with van der Waals surface area (Å²) in [5.74, 6) is 2.64. The third kappa shape index (κ3) is 4.80. The van der Waals surface area contributed by atoms with Crippen LogP contribution in [0.5, 0.6) is 0 Å².